The summed E-state index contributed by atoms with van der Waals surface area (Å²) in [6.45, 7) is 2.56. The van der Waals surface area contributed by atoms with Crippen LogP contribution in [-0.4, -0.2) is 29.2 Å². The average molecular weight is 195 g/mol. The number of nitrogens with two attached hydrogens (primary N) is 1. The summed E-state index contributed by atoms with van der Waals surface area (Å²) < 4.78 is 0. The van der Waals surface area contributed by atoms with Gasteiger partial charge in [0, 0.05) is 13.0 Å². The molecule has 1 fully saturated rings. The monoisotopic (exact) mass is 195 g/mol. The zero-order chi connectivity index (χ0) is 10.1. The molecule has 0 bridgehead atoms. The van der Waals surface area contributed by atoms with Crippen LogP contribution in [0, 0.1) is 5.92 Å². The van der Waals surface area contributed by atoms with Gasteiger partial charge in [0.2, 0.25) is 5.91 Å². The van der Waals surface area contributed by atoms with E-state index in [1.807, 2.05) is 0 Å². The summed E-state index contributed by atoms with van der Waals surface area (Å²) in [5.74, 6) is 0.821. The van der Waals surface area contributed by atoms with Gasteiger partial charge in [-0.1, -0.05) is 0 Å². The number of hydrogen-bond acceptors (Lipinski definition) is 3. The maximum absolute atomic E-state index is 11.6. The molecule has 2 rings (SSSR count). The predicted molar refractivity (Wildman–Crippen MR) is 54.8 cm³/mol. The highest BCUT2D eigenvalue weighted by molar-refractivity contribution is 5.93. The summed E-state index contributed by atoms with van der Waals surface area (Å²) in [5, 5.41) is 5.97. The molecule has 2 aliphatic rings. The highest BCUT2D eigenvalue weighted by Crippen LogP contribution is 2.36. The number of hydrazone groups is 1. The van der Waals surface area contributed by atoms with E-state index in [0.717, 1.165) is 12.1 Å². The first-order valence-electron chi connectivity index (χ1n) is 5.31. The molecule has 1 aliphatic carbocycles. The van der Waals surface area contributed by atoms with Crippen LogP contribution in [0.1, 0.15) is 32.6 Å². The molecule has 2 N–H and O–H groups in total. The fourth-order valence-electron chi connectivity index (χ4n) is 1.86. The lowest BCUT2D eigenvalue weighted by Gasteiger charge is -2.28. The van der Waals surface area contributed by atoms with E-state index in [1.54, 1.807) is 5.01 Å². The first kappa shape index (κ1) is 9.65. The largest absolute Gasteiger partial charge is 0.325 e. The molecule has 1 atom stereocenters. The van der Waals surface area contributed by atoms with Crippen molar-refractivity contribution in [2.75, 3.05) is 6.54 Å². The van der Waals surface area contributed by atoms with E-state index in [-0.39, 0.29) is 11.9 Å². The Bertz CT molecular complexity index is 271. The van der Waals surface area contributed by atoms with Crippen LogP contribution < -0.4 is 5.73 Å². The van der Waals surface area contributed by atoms with Crippen LogP contribution in [0.25, 0.3) is 0 Å². The number of nitrogens with zero attached hydrogens (tertiary/aromatic N) is 2. The molecule has 78 valence electrons. The summed E-state index contributed by atoms with van der Waals surface area (Å²) in [5.41, 5.74) is 6.49. The molecule has 1 saturated carbocycles. The predicted octanol–water partition coefficient (Wildman–Crippen LogP) is 0.722. The zero-order valence-corrected chi connectivity index (χ0v) is 8.57. The fraction of sp³-hybridized carbons (Fsp3) is 0.800. The van der Waals surface area contributed by atoms with Crippen molar-refractivity contribution in [1.82, 2.24) is 5.01 Å². The number of amides is 1. The van der Waals surface area contributed by atoms with Crippen molar-refractivity contribution in [1.29, 1.82) is 0 Å². The average Bonchev–Trinajstić information content (AvgIpc) is 3.01. The molecule has 1 unspecified atom stereocenters. The number of rotatable bonds is 3. The quantitative estimate of drug-likeness (QED) is 0.721. The first-order valence-corrected chi connectivity index (χ1v) is 5.31. The SMILES string of the molecule is CC(C1CC1)N1N=C(CN)CCC1=O. The van der Waals surface area contributed by atoms with Crippen molar-refractivity contribution in [2.45, 2.75) is 38.6 Å². The number of carbonyl (C=O) groups is 1. The Kier molecular flexibility index (Phi) is 2.54. The van der Waals surface area contributed by atoms with E-state index in [4.69, 9.17) is 5.73 Å². The second-order valence-corrected chi connectivity index (χ2v) is 4.19. The maximum atomic E-state index is 11.6. The second-order valence-electron chi connectivity index (χ2n) is 4.19. The lowest BCUT2D eigenvalue weighted by Crippen LogP contribution is -2.40. The van der Waals surface area contributed by atoms with Crippen LogP contribution >= 0.6 is 0 Å². The van der Waals surface area contributed by atoms with Crippen LogP contribution in [0.4, 0.5) is 0 Å². The molecule has 0 aromatic heterocycles. The van der Waals surface area contributed by atoms with Gasteiger partial charge >= 0.3 is 0 Å². The van der Waals surface area contributed by atoms with Gasteiger partial charge < -0.3 is 5.73 Å². The zero-order valence-electron chi connectivity index (χ0n) is 8.57. The van der Waals surface area contributed by atoms with Crippen LogP contribution in [0.15, 0.2) is 5.10 Å². The van der Waals surface area contributed by atoms with Crippen molar-refractivity contribution in [2.24, 2.45) is 16.8 Å². The summed E-state index contributed by atoms with van der Waals surface area (Å²) in [4.78, 5) is 11.6. The Balaban J connectivity index is 2.09. The lowest BCUT2D eigenvalue weighted by atomic mass is 10.1. The van der Waals surface area contributed by atoms with E-state index in [1.165, 1.54) is 12.8 Å². The lowest BCUT2D eigenvalue weighted by molar-refractivity contribution is -0.134. The third-order valence-corrected chi connectivity index (χ3v) is 3.06. The van der Waals surface area contributed by atoms with Gasteiger partial charge in [0.1, 0.15) is 0 Å². The molecule has 0 aromatic rings. The standard InChI is InChI=1S/C10H17N3O/c1-7(8-2-3-8)13-10(14)5-4-9(6-11)12-13/h7-8H,2-6,11H2,1H3. The van der Waals surface area contributed by atoms with Gasteiger partial charge in [-0.15, -0.1) is 0 Å². The Morgan fingerprint density at radius 1 is 1.57 bits per heavy atom. The summed E-state index contributed by atoms with van der Waals surface area (Å²) in [6.07, 6.45) is 3.78. The molecule has 1 amide bonds. The maximum Gasteiger partial charge on any atom is 0.243 e. The van der Waals surface area contributed by atoms with Crippen molar-refractivity contribution >= 4 is 11.6 Å². The topological polar surface area (TPSA) is 58.7 Å². The van der Waals surface area contributed by atoms with Crippen LogP contribution in [0.5, 0.6) is 0 Å². The Labute approximate surface area is 84.1 Å². The van der Waals surface area contributed by atoms with Gasteiger partial charge in [0.25, 0.3) is 0 Å². The van der Waals surface area contributed by atoms with Gasteiger partial charge in [-0.2, -0.15) is 5.10 Å². The van der Waals surface area contributed by atoms with Gasteiger partial charge in [-0.25, -0.2) is 5.01 Å². The van der Waals surface area contributed by atoms with Crippen LogP contribution in [0.3, 0.4) is 0 Å². The smallest absolute Gasteiger partial charge is 0.243 e. The van der Waals surface area contributed by atoms with Crippen molar-refractivity contribution in [3.8, 4) is 0 Å². The molecule has 14 heavy (non-hydrogen) atoms. The van der Waals surface area contributed by atoms with Gasteiger partial charge in [0.05, 0.1) is 11.8 Å². The number of hydrogen-bond donors (Lipinski definition) is 1. The Morgan fingerprint density at radius 3 is 2.86 bits per heavy atom. The van der Waals surface area contributed by atoms with E-state index >= 15 is 0 Å². The van der Waals surface area contributed by atoms with Gasteiger partial charge in [0.15, 0.2) is 0 Å². The summed E-state index contributed by atoms with van der Waals surface area (Å²) >= 11 is 0. The second kappa shape index (κ2) is 3.69. The highest BCUT2D eigenvalue weighted by atomic mass is 16.2. The van der Waals surface area contributed by atoms with E-state index in [0.29, 0.717) is 18.9 Å². The van der Waals surface area contributed by atoms with Gasteiger partial charge in [-0.05, 0) is 32.1 Å². The van der Waals surface area contributed by atoms with Gasteiger partial charge in [-0.3, -0.25) is 4.79 Å². The molecule has 4 nitrogen and oxygen atoms in total. The molecule has 1 heterocycles. The Hall–Kier alpha value is -0.900. The minimum absolute atomic E-state index is 0.154. The highest BCUT2D eigenvalue weighted by Gasteiger charge is 2.35. The van der Waals surface area contributed by atoms with E-state index in [2.05, 4.69) is 12.0 Å². The molecule has 0 aromatic carbocycles. The molecule has 0 spiro atoms. The normalized spacial score (nSPS) is 24.9. The third-order valence-electron chi connectivity index (χ3n) is 3.06. The van der Waals surface area contributed by atoms with E-state index in [9.17, 15) is 4.79 Å². The molecule has 4 heteroatoms. The van der Waals surface area contributed by atoms with Crippen LogP contribution in [-0.2, 0) is 4.79 Å². The number of carbonyl (C=O) groups excluding carboxylic acids is 1. The summed E-state index contributed by atoms with van der Waals surface area (Å²) in [6, 6.07) is 0.268. The minimum Gasteiger partial charge on any atom is -0.325 e. The molecule has 1 aliphatic heterocycles. The fourth-order valence-corrected chi connectivity index (χ4v) is 1.86. The van der Waals surface area contributed by atoms with Crippen molar-refractivity contribution in [3.05, 3.63) is 0 Å². The minimum atomic E-state index is 0.154. The first-order chi connectivity index (χ1) is 6.72. The molecular weight excluding hydrogens is 178 g/mol. The third kappa shape index (κ3) is 1.80. The molecule has 0 radical (unpaired) electrons. The Morgan fingerprint density at radius 2 is 2.29 bits per heavy atom. The van der Waals surface area contributed by atoms with E-state index < -0.39 is 0 Å². The van der Waals surface area contributed by atoms with Crippen LogP contribution in [0.2, 0.25) is 0 Å². The molecular formula is C10H17N3O. The van der Waals surface area contributed by atoms with Crippen molar-refractivity contribution < 1.29 is 4.79 Å². The van der Waals surface area contributed by atoms with Crippen molar-refractivity contribution in [3.63, 3.8) is 0 Å². The molecule has 0 saturated heterocycles. The summed E-state index contributed by atoms with van der Waals surface area (Å²) in [7, 11) is 0.